The lowest BCUT2D eigenvalue weighted by Crippen LogP contribution is -2.46. The summed E-state index contributed by atoms with van der Waals surface area (Å²) in [5.41, 5.74) is 1.77. The zero-order valence-electron chi connectivity index (χ0n) is 19.4. The number of alkyl halides is 1. The van der Waals surface area contributed by atoms with Crippen LogP contribution in [-0.2, 0) is 19.1 Å². The average Bonchev–Trinajstić information content (AvgIpc) is 3.72. The van der Waals surface area contributed by atoms with E-state index in [0.717, 1.165) is 24.8 Å². The van der Waals surface area contributed by atoms with Crippen molar-refractivity contribution in [3.8, 4) is 0 Å². The van der Waals surface area contributed by atoms with Crippen molar-refractivity contribution in [2.45, 2.75) is 83.3 Å². The third kappa shape index (κ3) is 4.22. The molecule has 4 fully saturated rings. The lowest BCUT2D eigenvalue weighted by molar-refractivity contribution is -0.152. The van der Waals surface area contributed by atoms with Crippen LogP contribution in [0.3, 0.4) is 0 Å². The highest BCUT2D eigenvalue weighted by atomic mass is 19.1. The topological polar surface area (TPSA) is 55.8 Å². The van der Waals surface area contributed by atoms with Crippen molar-refractivity contribution in [1.29, 1.82) is 0 Å². The fourth-order valence-corrected chi connectivity index (χ4v) is 5.84. The van der Waals surface area contributed by atoms with Crippen LogP contribution in [0.1, 0.15) is 71.1 Å². The summed E-state index contributed by atoms with van der Waals surface area (Å²) >= 11 is 0. The first kappa shape index (κ1) is 22.0. The third-order valence-electron chi connectivity index (χ3n) is 8.66. The Bertz CT molecular complexity index is 831. The van der Waals surface area contributed by atoms with Crippen molar-refractivity contribution >= 4 is 11.9 Å². The van der Waals surface area contributed by atoms with Gasteiger partial charge in [0.15, 0.2) is 0 Å². The van der Waals surface area contributed by atoms with Crippen LogP contribution in [0, 0.1) is 22.7 Å². The molecule has 2 unspecified atom stereocenters. The Balaban J connectivity index is 1.27. The molecule has 1 amide bonds. The fraction of sp³-hybridized carbons (Fsp3) is 0.769. The Morgan fingerprint density at radius 1 is 1.09 bits per heavy atom. The molecule has 32 heavy (non-hydrogen) atoms. The van der Waals surface area contributed by atoms with Gasteiger partial charge < -0.3 is 14.4 Å². The van der Waals surface area contributed by atoms with Gasteiger partial charge in [-0.15, -0.1) is 0 Å². The molecule has 4 aliphatic carbocycles. The van der Waals surface area contributed by atoms with E-state index in [1.807, 2.05) is 0 Å². The van der Waals surface area contributed by atoms with E-state index < -0.39 is 24.1 Å². The molecule has 0 aromatic carbocycles. The Labute approximate surface area is 190 Å². The largest absolute Gasteiger partial charge is 0.493 e. The number of allylic oxidation sites excluding steroid dienone is 2. The van der Waals surface area contributed by atoms with Gasteiger partial charge in [-0.05, 0) is 87.2 Å². The Morgan fingerprint density at radius 3 is 2.41 bits per heavy atom. The molecule has 3 atom stereocenters. The summed E-state index contributed by atoms with van der Waals surface area (Å²) in [4.78, 5) is 26.8. The molecule has 3 saturated carbocycles. The van der Waals surface area contributed by atoms with Gasteiger partial charge in [0.05, 0.1) is 19.6 Å². The van der Waals surface area contributed by atoms with Crippen LogP contribution >= 0.6 is 0 Å². The maximum atomic E-state index is 15.3. The minimum Gasteiger partial charge on any atom is -0.493 e. The predicted octanol–water partition coefficient (Wildman–Crippen LogP) is 4.72. The zero-order valence-corrected chi connectivity index (χ0v) is 19.4. The van der Waals surface area contributed by atoms with Gasteiger partial charge in [-0.1, -0.05) is 13.0 Å². The van der Waals surface area contributed by atoms with Crippen LogP contribution in [-0.4, -0.2) is 49.3 Å². The van der Waals surface area contributed by atoms with Crippen LogP contribution in [0.4, 0.5) is 4.39 Å². The summed E-state index contributed by atoms with van der Waals surface area (Å²) in [6.45, 7) is 3.38. The molecule has 0 aromatic heterocycles. The molecule has 176 valence electrons. The van der Waals surface area contributed by atoms with Gasteiger partial charge in [-0.25, -0.2) is 9.18 Å². The van der Waals surface area contributed by atoms with Crippen molar-refractivity contribution in [2.75, 3.05) is 20.3 Å². The van der Waals surface area contributed by atoms with Gasteiger partial charge in [-0.3, -0.25) is 4.79 Å². The van der Waals surface area contributed by atoms with Gasteiger partial charge in [0.2, 0.25) is 5.91 Å². The monoisotopic (exact) mass is 445 g/mol. The quantitative estimate of drug-likeness (QED) is 0.556. The average molecular weight is 446 g/mol. The summed E-state index contributed by atoms with van der Waals surface area (Å²) in [6.07, 6.45) is 13.0. The van der Waals surface area contributed by atoms with Crippen molar-refractivity contribution in [3.05, 3.63) is 23.5 Å². The number of hydrogen-bond acceptors (Lipinski definition) is 4. The summed E-state index contributed by atoms with van der Waals surface area (Å²) < 4.78 is 26.4. The number of esters is 1. The van der Waals surface area contributed by atoms with E-state index in [2.05, 4.69) is 6.92 Å². The Morgan fingerprint density at radius 2 is 1.78 bits per heavy atom. The van der Waals surface area contributed by atoms with Gasteiger partial charge in [0, 0.05) is 12.0 Å². The summed E-state index contributed by atoms with van der Waals surface area (Å²) in [6, 6.07) is -0.597. The molecule has 5 nitrogen and oxygen atoms in total. The number of carbonyl (C=O) groups is 2. The van der Waals surface area contributed by atoms with Crippen LogP contribution in [0.5, 0.6) is 0 Å². The maximum absolute atomic E-state index is 15.3. The SMILES string of the molecule is COC(=O)[C@@H]1CCCN1C(=O)C1C=C(C2CC2)C(OCC2(C)CCC3(CC2)CC3)=CC1F. The number of hydrogen-bond donors (Lipinski definition) is 0. The summed E-state index contributed by atoms with van der Waals surface area (Å²) in [7, 11) is 1.33. The molecular formula is C26H36FNO4. The van der Waals surface area contributed by atoms with Crippen LogP contribution < -0.4 is 0 Å². The number of methoxy groups -OCH3 is 1. The minimum atomic E-state index is -1.44. The molecule has 1 spiro atoms. The number of rotatable bonds is 6. The third-order valence-corrected chi connectivity index (χ3v) is 8.66. The molecule has 0 N–H and O–H groups in total. The Kier molecular flexibility index (Phi) is 5.61. The van der Waals surface area contributed by atoms with Gasteiger partial charge >= 0.3 is 5.97 Å². The molecule has 5 aliphatic rings. The van der Waals surface area contributed by atoms with Gasteiger partial charge in [0.25, 0.3) is 0 Å². The van der Waals surface area contributed by atoms with E-state index in [0.29, 0.717) is 36.7 Å². The number of amides is 1. The van der Waals surface area contributed by atoms with E-state index in [9.17, 15) is 9.59 Å². The minimum absolute atomic E-state index is 0.144. The smallest absolute Gasteiger partial charge is 0.328 e. The second-order valence-corrected chi connectivity index (χ2v) is 11.2. The van der Waals surface area contributed by atoms with Gasteiger partial charge in [0.1, 0.15) is 18.0 Å². The first-order chi connectivity index (χ1) is 15.3. The highest BCUT2D eigenvalue weighted by Gasteiger charge is 2.48. The van der Waals surface area contributed by atoms with Crippen molar-refractivity contribution in [1.82, 2.24) is 4.90 Å². The molecule has 1 aliphatic heterocycles. The van der Waals surface area contributed by atoms with Crippen LogP contribution in [0.2, 0.25) is 0 Å². The number of carbonyl (C=O) groups excluding carboxylic acids is 2. The first-order valence-electron chi connectivity index (χ1n) is 12.4. The standard InChI is InChI=1S/C26H36FNO4/c1-25(7-9-26(10-8-25)11-12-26)16-32-22-15-20(27)19(14-18(22)17-5-6-17)23(29)28-13-3-4-21(28)24(30)31-2/h14-15,17,19-21H,3-13,16H2,1-2H3/t19?,20?,21-/m0/s1. The van der Waals surface area contributed by atoms with E-state index in [-0.39, 0.29) is 11.3 Å². The lowest BCUT2D eigenvalue weighted by Gasteiger charge is -2.38. The van der Waals surface area contributed by atoms with E-state index in [1.54, 1.807) is 6.08 Å². The van der Waals surface area contributed by atoms with Gasteiger partial charge in [-0.2, -0.15) is 0 Å². The van der Waals surface area contributed by atoms with Crippen molar-refractivity contribution in [3.63, 3.8) is 0 Å². The summed E-state index contributed by atoms with van der Waals surface area (Å²) in [5, 5.41) is 0. The molecule has 0 aromatic rings. The normalized spacial score (nSPS) is 32.8. The highest BCUT2D eigenvalue weighted by Crippen LogP contribution is 2.59. The van der Waals surface area contributed by atoms with Crippen molar-refractivity contribution < 1.29 is 23.5 Å². The molecule has 0 radical (unpaired) electrons. The molecule has 5 rings (SSSR count). The number of nitrogens with zero attached hydrogens (tertiary/aromatic N) is 1. The Hall–Kier alpha value is -1.85. The highest BCUT2D eigenvalue weighted by molar-refractivity contribution is 5.88. The predicted molar refractivity (Wildman–Crippen MR) is 118 cm³/mol. The molecule has 1 saturated heterocycles. The summed E-state index contributed by atoms with van der Waals surface area (Å²) in [5.74, 6) is -0.617. The second kappa shape index (κ2) is 8.18. The molecule has 0 bridgehead atoms. The molecule has 1 heterocycles. The fourth-order valence-electron chi connectivity index (χ4n) is 5.84. The van der Waals surface area contributed by atoms with E-state index in [1.165, 1.54) is 56.6 Å². The van der Waals surface area contributed by atoms with Crippen molar-refractivity contribution in [2.24, 2.45) is 22.7 Å². The number of ether oxygens (including phenoxy) is 2. The zero-order chi connectivity index (χ0) is 22.5. The number of halogens is 1. The maximum Gasteiger partial charge on any atom is 0.328 e. The van der Waals surface area contributed by atoms with Crippen LogP contribution in [0.25, 0.3) is 0 Å². The first-order valence-corrected chi connectivity index (χ1v) is 12.4. The lowest BCUT2D eigenvalue weighted by atomic mass is 9.70. The van der Waals surface area contributed by atoms with E-state index >= 15 is 4.39 Å². The van der Waals surface area contributed by atoms with Crippen LogP contribution in [0.15, 0.2) is 23.5 Å². The second-order valence-electron chi connectivity index (χ2n) is 11.2. The van der Waals surface area contributed by atoms with E-state index in [4.69, 9.17) is 9.47 Å². The molecular weight excluding hydrogens is 409 g/mol. The number of likely N-dealkylation sites (tertiary alicyclic amines) is 1. The molecule has 6 heteroatoms.